The van der Waals surface area contributed by atoms with Crippen molar-refractivity contribution < 1.29 is 23.5 Å². The molecule has 3 rings (SSSR count). The van der Waals surface area contributed by atoms with Crippen LogP contribution >= 0.6 is 0 Å². The Hall–Kier alpha value is -3.22. The van der Waals surface area contributed by atoms with Gasteiger partial charge in [0, 0.05) is 18.2 Å². The molecule has 0 radical (unpaired) electrons. The standard InChI is InChI=1S/C21H21FN2O4/c1-20(2,3)23-18(26)21(28-17(25)13-8-6-5-7-9-13)15-12-14(22)10-11-16(15)24(4)19(21)27/h5-12H,1-4H3,(H,23,26). The molecule has 1 aliphatic rings. The van der Waals surface area contributed by atoms with E-state index < -0.39 is 34.7 Å². The Morgan fingerprint density at radius 2 is 1.75 bits per heavy atom. The summed E-state index contributed by atoms with van der Waals surface area (Å²) in [5.41, 5.74) is -2.56. The number of rotatable bonds is 3. The van der Waals surface area contributed by atoms with E-state index in [9.17, 15) is 18.8 Å². The van der Waals surface area contributed by atoms with Crippen molar-refractivity contribution in [2.24, 2.45) is 0 Å². The zero-order valence-electron chi connectivity index (χ0n) is 16.1. The Balaban J connectivity index is 2.16. The summed E-state index contributed by atoms with van der Waals surface area (Å²) in [4.78, 5) is 40.3. The first kappa shape index (κ1) is 19.5. The maximum absolute atomic E-state index is 14.0. The van der Waals surface area contributed by atoms with E-state index in [2.05, 4.69) is 5.32 Å². The lowest BCUT2D eigenvalue weighted by atomic mass is 9.92. The third kappa shape index (κ3) is 3.24. The molecule has 0 saturated heterocycles. The predicted octanol–water partition coefficient (Wildman–Crippen LogP) is 2.77. The van der Waals surface area contributed by atoms with Crippen LogP contribution in [0, 0.1) is 5.82 Å². The van der Waals surface area contributed by atoms with Gasteiger partial charge in [0.1, 0.15) is 5.82 Å². The molecule has 0 bridgehead atoms. The van der Waals surface area contributed by atoms with Crippen LogP contribution in [0.25, 0.3) is 0 Å². The van der Waals surface area contributed by atoms with Crippen LogP contribution in [0.3, 0.4) is 0 Å². The minimum Gasteiger partial charge on any atom is -0.430 e. The number of esters is 1. The molecule has 1 atom stereocenters. The Labute approximate surface area is 162 Å². The molecule has 0 aromatic heterocycles. The van der Waals surface area contributed by atoms with Gasteiger partial charge in [-0.2, -0.15) is 0 Å². The lowest BCUT2D eigenvalue weighted by Crippen LogP contribution is -2.57. The molecule has 1 heterocycles. The molecule has 2 aromatic carbocycles. The third-order valence-corrected chi connectivity index (χ3v) is 4.37. The fourth-order valence-corrected chi connectivity index (χ4v) is 3.11. The molecule has 2 aromatic rings. The van der Waals surface area contributed by atoms with Gasteiger partial charge in [-0.3, -0.25) is 9.59 Å². The first-order chi connectivity index (χ1) is 13.1. The summed E-state index contributed by atoms with van der Waals surface area (Å²) in [7, 11) is 1.45. The Morgan fingerprint density at radius 3 is 2.36 bits per heavy atom. The van der Waals surface area contributed by atoms with Crippen LogP contribution in [0.4, 0.5) is 10.1 Å². The maximum atomic E-state index is 14.0. The van der Waals surface area contributed by atoms with E-state index in [4.69, 9.17) is 4.74 Å². The Kier molecular flexibility index (Phi) is 4.71. The molecule has 6 nitrogen and oxygen atoms in total. The molecule has 146 valence electrons. The zero-order valence-corrected chi connectivity index (χ0v) is 16.1. The number of halogens is 1. The fraction of sp³-hybridized carbons (Fsp3) is 0.286. The number of fused-ring (bicyclic) bond motifs is 1. The monoisotopic (exact) mass is 384 g/mol. The van der Waals surface area contributed by atoms with E-state index in [1.165, 1.54) is 36.2 Å². The maximum Gasteiger partial charge on any atom is 0.340 e. The molecule has 7 heteroatoms. The molecule has 0 aliphatic carbocycles. The number of amides is 2. The van der Waals surface area contributed by atoms with Crippen molar-refractivity contribution in [3.63, 3.8) is 0 Å². The summed E-state index contributed by atoms with van der Waals surface area (Å²) in [5, 5.41) is 2.68. The number of carbonyl (C=O) groups excluding carboxylic acids is 3. The smallest absolute Gasteiger partial charge is 0.340 e. The van der Waals surface area contributed by atoms with Gasteiger partial charge in [-0.15, -0.1) is 0 Å². The molecule has 1 unspecified atom stereocenters. The average Bonchev–Trinajstić information content (AvgIpc) is 2.83. The number of hydrogen-bond acceptors (Lipinski definition) is 4. The fourth-order valence-electron chi connectivity index (χ4n) is 3.11. The van der Waals surface area contributed by atoms with Crippen LogP contribution in [0.5, 0.6) is 0 Å². The van der Waals surface area contributed by atoms with E-state index in [1.807, 2.05) is 0 Å². The number of ether oxygens (including phenoxy) is 1. The molecule has 0 spiro atoms. The highest BCUT2D eigenvalue weighted by Gasteiger charge is 2.60. The Morgan fingerprint density at radius 1 is 1.11 bits per heavy atom. The van der Waals surface area contributed by atoms with Gasteiger partial charge in [-0.1, -0.05) is 18.2 Å². The zero-order chi connectivity index (χ0) is 20.7. The largest absolute Gasteiger partial charge is 0.430 e. The van der Waals surface area contributed by atoms with Gasteiger partial charge < -0.3 is 15.0 Å². The first-order valence-electron chi connectivity index (χ1n) is 8.75. The number of nitrogens with one attached hydrogen (secondary N) is 1. The second-order valence-electron chi connectivity index (χ2n) is 7.67. The number of anilines is 1. The molecule has 1 N–H and O–H groups in total. The summed E-state index contributed by atoms with van der Waals surface area (Å²) in [6.07, 6.45) is 0. The van der Waals surface area contributed by atoms with Crippen molar-refractivity contribution in [2.45, 2.75) is 31.9 Å². The van der Waals surface area contributed by atoms with Crippen molar-refractivity contribution >= 4 is 23.5 Å². The predicted molar refractivity (Wildman–Crippen MR) is 101 cm³/mol. The van der Waals surface area contributed by atoms with Crippen molar-refractivity contribution in [1.82, 2.24) is 5.32 Å². The number of likely N-dealkylation sites (N-methyl/N-ethyl adjacent to an activating group) is 1. The topological polar surface area (TPSA) is 75.7 Å². The van der Waals surface area contributed by atoms with Crippen LogP contribution in [0.1, 0.15) is 36.7 Å². The SMILES string of the molecule is CN1C(=O)C(OC(=O)c2ccccc2)(C(=O)NC(C)(C)C)c2cc(F)ccc21. The minimum atomic E-state index is -2.31. The molecule has 2 amide bonds. The van der Waals surface area contributed by atoms with Gasteiger partial charge in [0.05, 0.1) is 11.3 Å². The number of hydrogen-bond donors (Lipinski definition) is 1. The van der Waals surface area contributed by atoms with Gasteiger partial charge >= 0.3 is 5.97 Å². The van der Waals surface area contributed by atoms with Crippen molar-refractivity contribution in [3.05, 3.63) is 65.5 Å². The van der Waals surface area contributed by atoms with E-state index in [0.29, 0.717) is 5.69 Å². The molecule has 0 fully saturated rings. The second kappa shape index (κ2) is 6.74. The second-order valence-corrected chi connectivity index (χ2v) is 7.67. The van der Waals surface area contributed by atoms with Crippen molar-refractivity contribution in [2.75, 3.05) is 11.9 Å². The van der Waals surface area contributed by atoms with Crippen LogP contribution in [0.15, 0.2) is 48.5 Å². The minimum absolute atomic E-state index is 0.00830. The normalized spacial score (nSPS) is 18.6. The first-order valence-corrected chi connectivity index (χ1v) is 8.75. The van der Waals surface area contributed by atoms with Gasteiger partial charge in [0.25, 0.3) is 17.4 Å². The van der Waals surface area contributed by atoms with E-state index in [0.717, 1.165) is 6.07 Å². The van der Waals surface area contributed by atoms with E-state index in [-0.39, 0.29) is 11.1 Å². The summed E-state index contributed by atoms with van der Waals surface area (Å²) in [6.45, 7) is 5.19. The molecule has 1 aliphatic heterocycles. The highest BCUT2D eigenvalue weighted by molar-refractivity contribution is 6.21. The van der Waals surface area contributed by atoms with Gasteiger partial charge in [0.15, 0.2) is 0 Å². The van der Waals surface area contributed by atoms with Crippen LogP contribution in [-0.4, -0.2) is 30.4 Å². The highest BCUT2D eigenvalue weighted by Crippen LogP contribution is 2.43. The quantitative estimate of drug-likeness (QED) is 0.652. The lowest BCUT2D eigenvalue weighted by molar-refractivity contribution is -0.153. The average molecular weight is 384 g/mol. The van der Waals surface area contributed by atoms with Crippen LogP contribution in [0.2, 0.25) is 0 Å². The van der Waals surface area contributed by atoms with E-state index in [1.54, 1.807) is 39.0 Å². The molecule has 0 saturated carbocycles. The molecular formula is C21H21FN2O4. The summed E-state index contributed by atoms with van der Waals surface area (Å²) < 4.78 is 19.6. The van der Waals surface area contributed by atoms with Gasteiger partial charge in [-0.05, 0) is 51.1 Å². The highest BCUT2D eigenvalue weighted by atomic mass is 19.1. The van der Waals surface area contributed by atoms with Crippen LogP contribution < -0.4 is 10.2 Å². The van der Waals surface area contributed by atoms with Gasteiger partial charge in [-0.25, -0.2) is 9.18 Å². The van der Waals surface area contributed by atoms with Crippen molar-refractivity contribution in [3.8, 4) is 0 Å². The summed E-state index contributed by atoms with van der Waals surface area (Å²) >= 11 is 0. The lowest BCUT2D eigenvalue weighted by Gasteiger charge is -2.31. The summed E-state index contributed by atoms with van der Waals surface area (Å²) in [6, 6.07) is 11.6. The number of nitrogens with zero attached hydrogens (tertiary/aromatic N) is 1. The summed E-state index contributed by atoms with van der Waals surface area (Å²) in [5.74, 6) is -3.10. The van der Waals surface area contributed by atoms with E-state index >= 15 is 0 Å². The molecule has 28 heavy (non-hydrogen) atoms. The Bertz CT molecular complexity index is 953. The van der Waals surface area contributed by atoms with Crippen molar-refractivity contribution in [1.29, 1.82) is 0 Å². The third-order valence-electron chi connectivity index (χ3n) is 4.37. The number of carbonyl (C=O) groups is 3. The molecular weight excluding hydrogens is 363 g/mol. The number of benzene rings is 2. The van der Waals surface area contributed by atoms with Crippen LogP contribution in [-0.2, 0) is 19.9 Å². The van der Waals surface area contributed by atoms with Gasteiger partial charge in [0.2, 0.25) is 0 Å².